The number of aromatic nitrogens is 2. The highest BCUT2D eigenvalue weighted by molar-refractivity contribution is 8.00. The summed E-state index contributed by atoms with van der Waals surface area (Å²) in [5, 5.41) is 8.34. The first-order valence-electron chi connectivity index (χ1n) is 6.65. The molecule has 0 aliphatic carbocycles. The van der Waals surface area contributed by atoms with Crippen LogP contribution in [0.2, 0.25) is 0 Å². The molecule has 2 aromatic rings. The largest absolute Gasteiger partial charge is 0.316 e. The van der Waals surface area contributed by atoms with E-state index in [1.807, 2.05) is 29.7 Å². The highest BCUT2D eigenvalue weighted by Crippen LogP contribution is 2.38. The van der Waals surface area contributed by atoms with E-state index in [0.717, 1.165) is 12.8 Å². The smallest absolute Gasteiger partial charge is 0.0522 e. The molecular weight excluding hydrogens is 254 g/mol. The maximum absolute atomic E-state index is 4.25. The van der Waals surface area contributed by atoms with E-state index >= 15 is 0 Å². The predicted octanol–water partition coefficient (Wildman–Crippen LogP) is 2.27. The summed E-state index contributed by atoms with van der Waals surface area (Å²) in [5.41, 5.74) is 2.79. The molecular formula is C15H19N3S. The van der Waals surface area contributed by atoms with Gasteiger partial charge in [-0.25, -0.2) is 0 Å². The number of nitrogens with zero attached hydrogens (tertiary/aromatic N) is 2. The summed E-state index contributed by atoms with van der Waals surface area (Å²) in [6.45, 7) is 0. The first-order chi connectivity index (χ1) is 9.26. The summed E-state index contributed by atoms with van der Waals surface area (Å²) < 4.78 is 1.87. The Balaban J connectivity index is 1.71. The van der Waals surface area contributed by atoms with E-state index in [2.05, 4.69) is 47.9 Å². The van der Waals surface area contributed by atoms with Gasteiger partial charge in [0, 0.05) is 29.4 Å². The Kier molecular flexibility index (Phi) is 3.62. The number of nitrogens with one attached hydrogen (secondary N) is 1. The summed E-state index contributed by atoms with van der Waals surface area (Å²) in [7, 11) is 4.03. The molecule has 2 atom stereocenters. The summed E-state index contributed by atoms with van der Waals surface area (Å²) in [4.78, 5) is 1.44. The fraction of sp³-hybridized carbons (Fsp3) is 0.400. The maximum atomic E-state index is 4.25. The molecule has 1 N–H and O–H groups in total. The molecule has 3 rings (SSSR count). The first-order valence-corrected chi connectivity index (χ1v) is 7.53. The summed E-state index contributed by atoms with van der Waals surface area (Å²) >= 11 is 2.01. The van der Waals surface area contributed by atoms with Crippen molar-refractivity contribution in [1.82, 2.24) is 15.1 Å². The summed E-state index contributed by atoms with van der Waals surface area (Å²) in [6, 6.07) is 9.23. The number of likely N-dealkylation sites (N-methyl/N-ethyl adjacent to an activating group) is 1. The fourth-order valence-electron chi connectivity index (χ4n) is 2.68. The zero-order chi connectivity index (χ0) is 13.2. The second kappa shape index (κ2) is 5.39. The van der Waals surface area contributed by atoms with E-state index in [1.165, 1.54) is 16.0 Å². The van der Waals surface area contributed by atoms with Gasteiger partial charge in [0.05, 0.1) is 6.20 Å². The van der Waals surface area contributed by atoms with Crippen LogP contribution in [-0.4, -0.2) is 28.1 Å². The quantitative estimate of drug-likeness (QED) is 0.927. The van der Waals surface area contributed by atoms with Crippen LogP contribution in [0.4, 0.5) is 0 Å². The fourth-order valence-corrected chi connectivity index (χ4v) is 4.13. The number of hydrogen-bond donors (Lipinski definition) is 1. The van der Waals surface area contributed by atoms with Crippen LogP contribution < -0.4 is 5.32 Å². The van der Waals surface area contributed by atoms with Gasteiger partial charge in [-0.3, -0.25) is 4.68 Å². The van der Waals surface area contributed by atoms with E-state index in [-0.39, 0.29) is 0 Å². The monoisotopic (exact) mass is 273 g/mol. The highest BCUT2D eigenvalue weighted by Gasteiger charge is 2.28. The lowest BCUT2D eigenvalue weighted by Gasteiger charge is -2.21. The lowest BCUT2D eigenvalue weighted by atomic mass is 10.0. The van der Waals surface area contributed by atoms with E-state index < -0.39 is 0 Å². The molecule has 0 bridgehead atoms. The molecule has 2 heterocycles. The van der Waals surface area contributed by atoms with Gasteiger partial charge in [-0.2, -0.15) is 5.10 Å². The van der Waals surface area contributed by atoms with Crippen molar-refractivity contribution >= 4 is 11.8 Å². The normalized spacial score (nSPS) is 19.4. The number of fused-ring (bicyclic) bond motifs is 1. The number of thioether (sulfide) groups is 1. The molecule has 1 aromatic carbocycles. The topological polar surface area (TPSA) is 29.9 Å². The van der Waals surface area contributed by atoms with Crippen LogP contribution in [0, 0.1) is 0 Å². The second-order valence-corrected chi connectivity index (χ2v) is 6.37. The van der Waals surface area contributed by atoms with E-state index in [0.29, 0.717) is 11.3 Å². The number of hydrogen-bond acceptors (Lipinski definition) is 3. The molecule has 0 radical (unpaired) electrons. The molecule has 100 valence electrons. The third-order valence-electron chi connectivity index (χ3n) is 3.71. The van der Waals surface area contributed by atoms with E-state index in [1.54, 1.807) is 0 Å². The Morgan fingerprint density at radius 2 is 2.32 bits per heavy atom. The average Bonchev–Trinajstić information content (AvgIpc) is 3.01. The van der Waals surface area contributed by atoms with Crippen molar-refractivity contribution in [3.8, 4) is 0 Å². The summed E-state index contributed by atoms with van der Waals surface area (Å²) in [6.07, 6.45) is 6.27. The number of benzene rings is 1. The SMILES string of the molecule is CNC(Cc1cnn(C)c1)C1Cc2ccccc2S1. The standard InChI is InChI=1S/C15H19N3S/c1-16-13(7-11-9-17-18(2)10-11)15-8-12-5-3-4-6-14(12)19-15/h3-6,9-10,13,15-16H,7-8H2,1-2H3. The van der Waals surface area contributed by atoms with Crippen molar-refractivity contribution in [2.45, 2.75) is 29.0 Å². The molecule has 3 nitrogen and oxygen atoms in total. The first kappa shape index (κ1) is 12.8. The van der Waals surface area contributed by atoms with Gasteiger partial charge in [-0.05, 0) is 37.1 Å². The Morgan fingerprint density at radius 1 is 1.47 bits per heavy atom. The lowest BCUT2D eigenvalue weighted by molar-refractivity contribution is 0.537. The van der Waals surface area contributed by atoms with E-state index in [9.17, 15) is 0 Å². The van der Waals surface area contributed by atoms with E-state index in [4.69, 9.17) is 0 Å². The van der Waals surface area contributed by atoms with Crippen molar-refractivity contribution in [2.75, 3.05) is 7.05 Å². The molecule has 4 heteroatoms. The van der Waals surface area contributed by atoms with Crippen LogP contribution >= 0.6 is 11.8 Å². The van der Waals surface area contributed by atoms with Gasteiger partial charge in [0.2, 0.25) is 0 Å². The minimum atomic E-state index is 0.488. The maximum Gasteiger partial charge on any atom is 0.0522 e. The molecule has 0 fully saturated rings. The molecule has 1 aliphatic heterocycles. The third-order valence-corrected chi connectivity index (χ3v) is 5.16. The molecule has 0 saturated carbocycles. The van der Waals surface area contributed by atoms with Crippen LogP contribution in [0.1, 0.15) is 11.1 Å². The zero-order valence-electron chi connectivity index (χ0n) is 11.3. The van der Waals surface area contributed by atoms with Gasteiger partial charge >= 0.3 is 0 Å². The van der Waals surface area contributed by atoms with Crippen molar-refractivity contribution < 1.29 is 0 Å². The van der Waals surface area contributed by atoms with Crippen LogP contribution in [0.5, 0.6) is 0 Å². The van der Waals surface area contributed by atoms with Crippen LogP contribution in [0.15, 0.2) is 41.6 Å². The van der Waals surface area contributed by atoms with Gasteiger partial charge in [-0.15, -0.1) is 11.8 Å². The zero-order valence-corrected chi connectivity index (χ0v) is 12.2. The molecule has 1 aromatic heterocycles. The molecule has 0 saturated heterocycles. The number of rotatable bonds is 4. The van der Waals surface area contributed by atoms with Crippen molar-refractivity contribution in [2.24, 2.45) is 7.05 Å². The Morgan fingerprint density at radius 3 is 3.00 bits per heavy atom. The minimum absolute atomic E-state index is 0.488. The van der Waals surface area contributed by atoms with Crippen molar-refractivity contribution in [3.05, 3.63) is 47.8 Å². The van der Waals surface area contributed by atoms with Crippen molar-refractivity contribution in [1.29, 1.82) is 0 Å². The van der Waals surface area contributed by atoms with Crippen LogP contribution in [-0.2, 0) is 19.9 Å². The Labute approximate surface area is 118 Å². The molecule has 19 heavy (non-hydrogen) atoms. The Bertz CT molecular complexity index is 539. The minimum Gasteiger partial charge on any atom is -0.316 e. The van der Waals surface area contributed by atoms with Crippen LogP contribution in [0.25, 0.3) is 0 Å². The van der Waals surface area contributed by atoms with Gasteiger partial charge in [0.25, 0.3) is 0 Å². The van der Waals surface area contributed by atoms with Crippen molar-refractivity contribution in [3.63, 3.8) is 0 Å². The number of aryl methyl sites for hydroxylation is 1. The molecule has 0 amide bonds. The molecule has 2 unspecified atom stereocenters. The highest BCUT2D eigenvalue weighted by atomic mass is 32.2. The third kappa shape index (κ3) is 2.69. The second-order valence-electron chi connectivity index (χ2n) is 5.09. The van der Waals surface area contributed by atoms with Crippen LogP contribution in [0.3, 0.4) is 0 Å². The average molecular weight is 273 g/mol. The molecule has 1 aliphatic rings. The van der Waals surface area contributed by atoms with Gasteiger partial charge in [0.15, 0.2) is 0 Å². The lowest BCUT2D eigenvalue weighted by Crippen LogP contribution is -2.37. The van der Waals surface area contributed by atoms with Gasteiger partial charge in [0.1, 0.15) is 0 Å². The molecule has 0 spiro atoms. The summed E-state index contributed by atoms with van der Waals surface area (Å²) in [5.74, 6) is 0. The van der Waals surface area contributed by atoms with Gasteiger partial charge < -0.3 is 5.32 Å². The Hall–Kier alpha value is -1.26. The van der Waals surface area contributed by atoms with Gasteiger partial charge in [-0.1, -0.05) is 18.2 Å². The predicted molar refractivity (Wildman–Crippen MR) is 79.6 cm³/mol.